The smallest absolute Gasteiger partial charge is 0.249 e. The fraction of sp³-hybridized carbons (Fsp3) is 0.568. The van der Waals surface area contributed by atoms with Crippen molar-refractivity contribution >= 4 is 23.4 Å². The molecule has 1 heterocycles. The molecule has 0 bridgehead atoms. The second-order valence-electron chi connectivity index (χ2n) is 14.9. The molecule has 0 unspecified atom stereocenters. The summed E-state index contributed by atoms with van der Waals surface area (Å²) in [5.74, 6) is -7.01. The molecule has 1 aliphatic rings. The van der Waals surface area contributed by atoms with E-state index in [0.717, 1.165) is 24.3 Å². The van der Waals surface area contributed by atoms with Crippen molar-refractivity contribution in [2.24, 2.45) is 22.7 Å². The van der Waals surface area contributed by atoms with Crippen LogP contribution in [0.25, 0.3) is 0 Å². The van der Waals surface area contributed by atoms with Gasteiger partial charge in [-0.3, -0.25) is 19.2 Å². The van der Waals surface area contributed by atoms with Gasteiger partial charge in [-0.25, -0.2) is 17.6 Å². The van der Waals surface area contributed by atoms with Gasteiger partial charge in [0.25, 0.3) is 0 Å². The molecule has 0 saturated carbocycles. The Kier molecular flexibility index (Phi) is 15.5. The molecule has 2 aromatic rings. The van der Waals surface area contributed by atoms with E-state index in [9.17, 15) is 41.8 Å². The first-order valence-electron chi connectivity index (χ1n) is 16.6. The Morgan fingerprint density at radius 3 is 1.73 bits per heavy atom. The highest BCUT2D eigenvalue weighted by molar-refractivity contribution is 5.96. The predicted octanol–water partition coefficient (Wildman–Crippen LogP) is 5.38. The lowest BCUT2D eigenvalue weighted by atomic mass is 9.85. The fourth-order valence-corrected chi connectivity index (χ4v) is 4.85. The van der Waals surface area contributed by atoms with Crippen molar-refractivity contribution in [1.29, 1.82) is 0 Å². The largest absolute Gasteiger partial charge is 0.396 e. The molecule has 1 fully saturated rings. The van der Waals surface area contributed by atoms with Crippen LogP contribution in [0.5, 0.6) is 0 Å². The maximum absolute atomic E-state index is 13.3. The van der Waals surface area contributed by atoms with Crippen molar-refractivity contribution in [3.8, 4) is 0 Å². The van der Waals surface area contributed by atoms with Gasteiger partial charge in [-0.1, -0.05) is 41.5 Å². The predicted molar refractivity (Wildman–Crippen MR) is 183 cm³/mol. The Balaban J connectivity index is 0.000000514. The molecule has 4 atom stereocenters. The number of amides is 2. The van der Waals surface area contributed by atoms with Crippen molar-refractivity contribution in [3.05, 3.63) is 70.8 Å². The van der Waals surface area contributed by atoms with Crippen LogP contribution in [0.2, 0.25) is 0 Å². The number of halogens is 4. The molecule has 14 heteroatoms. The lowest BCUT2D eigenvalue weighted by Crippen LogP contribution is -2.56. The van der Waals surface area contributed by atoms with Crippen molar-refractivity contribution in [2.45, 2.75) is 86.2 Å². The summed E-state index contributed by atoms with van der Waals surface area (Å²) in [6.07, 6.45) is -1.91. The zero-order valence-corrected chi connectivity index (χ0v) is 30.4. The van der Waals surface area contributed by atoms with Gasteiger partial charge in [0.05, 0.1) is 13.2 Å². The van der Waals surface area contributed by atoms with E-state index >= 15 is 0 Å². The monoisotopic (exact) mass is 728 g/mol. The molecule has 2 amide bonds. The number of hydrogen-bond donors (Lipinski definition) is 4. The quantitative estimate of drug-likeness (QED) is 0.150. The van der Waals surface area contributed by atoms with E-state index in [1.165, 1.54) is 12.1 Å². The van der Waals surface area contributed by atoms with Crippen LogP contribution < -0.4 is 10.6 Å². The summed E-state index contributed by atoms with van der Waals surface area (Å²) in [5, 5.41) is 24.3. The van der Waals surface area contributed by atoms with Crippen molar-refractivity contribution < 1.29 is 57.9 Å². The fourth-order valence-electron chi connectivity index (χ4n) is 4.85. The van der Waals surface area contributed by atoms with Gasteiger partial charge < -0.3 is 30.3 Å². The number of benzene rings is 2. The van der Waals surface area contributed by atoms with Gasteiger partial charge in [-0.15, -0.1) is 0 Å². The van der Waals surface area contributed by atoms with E-state index < -0.39 is 58.0 Å². The highest BCUT2D eigenvalue weighted by Crippen LogP contribution is 2.35. The summed E-state index contributed by atoms with van der Waals surface area (Å²) in [6.45, 7) is 14.3. The maximum Gasteiger partial charge on any atom is 0.249 e. The molecule has 0 spiro atoms. The number of Topliss-reactive ketones (excluding diaryl/α,β-unsaturated/α-hetero) is 2. The summed E-state index contributed by atoms with van der Waals surface area (Å²) in [4.78, 5) is 48.6. The zero-order chi connectivity index (χ0) is 38.9. The molecular weight excluding hydrogens is 676 g/mol. The molecule has 1 saturated heterocycles. The van der Waals surface area contributed by atoms with Crippen LogP contribution >= 0.6 is 0 Å². The zero-order valence-electron chi connectivity index (χ0n) is 30.4. The van der Waals surface area contributed by atoms with Crippen molar-refractivity contribution in [3.63, 3.8) is 0 Å². The first-order chi connectivity index (χ1) is 23.5. The first-order valence-corrected chi connectivity index (χ1v) is 16.6. The molecule has 286 valence electrons. The summed E-state index contributed by atoms with van der Waals surface area (Å²) >= 11 is 0. The third-order valence-electron chi connectivity index (χ3n) is 8.34. The molecule has 2 aromatic carbocycles. The summed E-state index contributed by atoms with van der Waals surface area (Å²) in [5.41, 5.74) is -1.28. The van der Waals surface area contributed by atoms with Crippen LogP contribution in [0.4, 0.5) is 17.6 Å². The highest BCUT2D eigenvalue weighted by atomic mass is 19.2. The van der Waals surface area contributed by atoms with E-state index in [4.69, 9.17) is 14.6 Å². The standard InChI is InChI=1S/C20H27F2NO4.C17H23F2NO4.H2/c1-12(8-16(24)13-6-7-14(21)15(22)9-13)10-23-18(25)17-19(2,3)11-26-20(4,5)27-17;1-10(8-20-16(24)15(23)17(2,3)9-21)6-14(22)11-4-5-12(18)13(19)7-11;/h6-7,9,12,17H,8,10-11H2,1-5H3,(H,23,25);4-5,7,10,15,21,23H,6,8-9H2,1-3H3,(H,20,24);1H/t12-,17+;10-,15+;/m11./s1. The minimum atomic E-state index is -1.38. The molecule has 1 aliphatic heterocycles. The second kappa shape index (κ2) is 18.2. The lowest BCUT2D eigenvalue weighted by molar-refractivity contribution is -0.304. The van der Waals surface area contributed by atoms with Crippen LogP contribution in [-0.2, 0) is 19.1 Å². The molecule has 51 heavy (non-hydrogen) atoms. The number of nitrogens with one attached hydrogen (secondary N) is 2. The third kappa shape index (κ3) is 13.1. The van der Waals surface area contributed by atoms with Gasteiger partial charge in [0.15, 0.2) is 40.6 Å². The van der Waals surface area contributed by atoms with E-state index in [-0.39, 0.29) is 74.4 Å². The van der Waals surface area contributed by atoms with E-state index in [1.807, 2.05) is 13.8 Å². The second-order valence-corrected chi connectivity index (χ2v) is 14.9. The van der Waals surface area contributed by atoms with Gasteiger partial charge in [0, 0.05) is 49.3 Å². The molecule has 4 N–H and O–H groups in total. The molecular formula is C37H52F4N2O8. The number of hydrogen-bond acceptors (Lipinski definition) is 8. The Morgan fingerprint density at radius 2 is 1.29 bits per heavy atom. The summed E-state index contributed by atoms with van der Waals surface area (Å²) in [6, 6.07) is 6.02. The topological polar surface area (TPSA) is 151 Å². The molecule has 0 aliphatic carbocycles. The van der Waals surface area contributed by atoms with E-state index in [0.29, 0.717) is 6.61 Å². The number of ether oxygens (including phenoxy) is 2. The first kappa shape index (κ1) is 43.4. The lowest BCUT2D eigenvalue weighted by Gasteiger charge is -2.44. The number of aliphatic hydroxyl groups is 2. The number of rotatable bonds is 14. The van der Waals surface area contributed by atoms with Gasteiger partial charge in [0.1, 0.15) is 12.2 Å². The van der Waals surface area contributed by atoms with Crippen LogP contribution in [0.3, 0.4) is 0 Å². The SMILES string of the molecule is C[C@@H](CNC(=O)[C@@H]1OC(C)(C)OCC1(C)C)CC(=O)c1ccc(F)c(F)c1.C[C@@H](CNC(=O)[C@H](O)C(C)(C)CO)CC(=O)c1ccc(F)c(F)c1.[HH]. The number of carbonyl (C=O) groups excluding carboxylic acids is 4. The number of carbonyl (C=O) groups is 4. The van der Waals surface area contributed by atoms with Gasteiger partial charge >= 0.3 is 0 Å². The minimum Gasteiger partial charge on any atom is -0.396 e. The normalized spacial score (nSPS) is 18.4. The maximum atomic E-state index is 13.3. The Hall–Kier alpha value is -3.72. The van der Waals surface area contributed by atoms with Crippen molar-refractivity contribution in [2.75, 3.05) is 26.3 Å². The summed E-state index contributed by atoms with van der Waals surface area (Å²) in [7, 11) is 0. The van der Waals surface area contributed by atoms with Crippen LogP contribution in [0, 0.1) is 45.9 Å². The van der Waals surface area contributed by atoms with E-state index in [1.54, 1.807) is 41.5 Å². The average molecular weight is 729 g/mol. The molecule has 0 aromatic heterocycles. The molecule has 0 radical (unpaired) electrons. The average Bonchev–Trinajstić information content (AvgIpc) is 3.06. The van der Waals surface area contributed by atoms with Gasteiger partial charge in [-0.2, -0.15) is 0 Å². The minimum absolute atomic E-state index is 0. The Labute approximate surface area is 297 Å². The van der Waals surface area contributed by atoms with Crippen LogP contribution in [-0.4, -0.2) is 77.9 Å². The van der Waals surface area contributed by atoms with Crippen LogP contribution in [0.15, 0.2) is 36.4 Å². The number of ketones is 2. The van der Waals surface area contributed by atoms with E-state index in [2.05, 4.69) is 10.6 Å². The highest BCUT2D eigenvalue weighted by Gasteiger charge is 2.45. The Morgan fingerprint density at radius 1 is 0.843 bits per heavy atom. The Bertz CT molecular complexity index is 1560. The number of aliphatic hydroxyl groups excluding tert-OH is 2. The summed E-state index contributed by atoms with van der Waals surface area (Å²) < 4.78 is 63.6. The van der Waals surface area contributed by atoms with Gasteiger partial charge in [-0.05, 0) is 62.1 Å². The van der Waals surface area contributed by atoms with Crippen LogP contribution in [0.1, 0.15) is 90.4 Å². The van der Waals surface area contributed by atoms with Crippen molar-refractivity contribution in [1.82, 2.24) is 10.6 Å². The molecule has 3 rings (SSSR count). The third-order valence-corrected chi connectivity index (χ3v) is 8.34. The molecule has 10 nitrogen and oxygen atoms in total. The van der Waals surface area contributed by atoms with Gasteiger partial charge in [0.2, 0.25) is 11.8 Å².